The monoisotopic (exact) mass is 181 g/mol. The summed E-state index contributed by atoms with van der Waals surface area (Å²) in [5.74, 6) is 1.86. The van der Waals surface area contributed by atoms with Crippen molar-refractivity contribution >= 4 is 0 Å². The second-order valence-corrected chi connectivity index (χ2v) is 4.30. The highest BCUT2D eigenvalue weighted by atomic mass is 19.1. The predicted octanol–water partition coefficient (Wildman–Crippen LogP) is 4.18. The van der Waals surface area contributed by atoms with Crippen LogP contribution in [0, 0.1) is 11.8 Å². The third-order valence-electron chi connectivity index (χ3n) is 3.38. The first-order valence-electron chi connectivity index (χ1n) is 5.59. The minimum Gasteiger partial charge on any atom is -0.212 e. The Kier molecular flexibility index (Phi) is 3.02. The first kappa shape index (κ1) is 9.23. The molecule has 0 aromatic heterocycles. The van der Waals surface area contributed by atoms with Crippen LogP contribution in [0.25, 0.3) is 0 Å². The smallest absolute Gasteiger partial charge is 0.103 e. The van der Waals surface area contributed by atoms with Gasteiger partial charge in [-0.3, -0.25) is 0 Å². The Balaban J connectivity index is 1.97. The van der Waals surface area contributed by atoms with Crippen molar-refractivity contribution in [2.45, 2.75) is 51.4 Å². The van der Waals surface area contributed by atoms with Crippen molar-refractivity contribution in [1.82, 2.24) is 0 Å². The highest BCUT2D eigenvalue weighted by molar-refractivity contribution is 5.23. The second kappa shape index (κ2) is 4.26. The lowest BCUT2D eigenvalue weighted by atomic mass is 9.75. The summed E-state index contributed by atoms with van der Waals surface area (Å²) < 4.78 is 13.5. The standard InChI is InChI=1S/C12H18F/c13-12-9-5-4-8-11(12)10-6-2-1-3-7-10/h9-10H,1-8H2. The Morgan fingerprint density at radius 1 is 1.08 bits per heavy atom. The molecule has 2 aliphatic carbocycles. The fourth-order valence-corrected chi connectivity index (χ4v) is 2.62. The normalized spacial score (nSPS) is 27.3. The Labute approximate surface area is 80.2 Å². The zero-order valence-electron chi connectivity index (χ0n) is 8.19. The molecule has 0 bridgehead atoms. The van der Waals surface area contributed by atoms with Gasteiger partial charge in [-0.1, -0.05) is 25.3 Å². The molecule has 1 radical (unpaired) electrons. The van der Waals surface area contributed by atoms with Crippen LogP contribution in [0.15, 0.2) is 11.9 Å². The summed E-state index contributed by atoms with van der Waals surface area (Å²) >= 11 is 0. The van der Waals surface area contributed by atoms with Gasteiger partial charge in [-0.25, -0.2) is 4.39 Å². The molecular formula is C12H18F. The van der Waals surface area contributed by atoms with Gasteiger partial charge in [0.2, 0.25) is 0 Å². The molecule has 0 N–H and O–H groups in total. The van der Waals surface area contributed by atoms with E-state index in [0.717, 1.165) is 18.8 Å². The molecule has 0 nitrogen and oxygen atoms in total. The molecule has 1 saturated carbocycles. The van der Waals surface area contributed by atoms with Crippen molar-refractivity contribution < 1.29 is 4.39 Å². The van der Waals surface area contributed by atoms with E-state index in [1.54, 1.807) is 6.08 Å². The molecular weight excluding hydrogens is 163 g/mol. The van der Waals surface area contributed by atoms with Crippen LogP contribution in [0.3, 0.4) is 0 Å². The molecule has 0 saturated heterocycles. The summed E-state index contributed by atoms with van der Waals surface area (Å²) in [6.45, 7) is 0. The second-order valence-electron chi connectivity index (χ2n) is 4.30. The van der Waals surface area contributed by atoms with Crippen LogP contribution in [0.5, 0.6) is 0 Å². The van der Waals surface area contributed by atoms with Gasteiger partial charge >= 0.3 is 0 Å². The van der Waals surface area contributed by atoms with Gasteiger partial charge < -0.3 is 0 Å². The van der Waals surface area contributed by atoms with E-state index in [2.05, 4.69) is 0 Å². The maximum absolute atomic E-state index is 13.5. The van der Waals surface area contributed by atoms with Gasteiger partial charge in [0.1, 0.15) is 5.83 Å². The summed E-state index contributed by atoms with van der Waals surface area (Å²) in [6, 6.07) is 0. The van der Waals surface area contributed by atoms with Crippen molar-refractivity contribution in [3.05, 3.63) is 17.8 Å². The van der Waals surface area contributed by atoms with E-state index in [-0.39, 0.29) is 5.83 Å². The molecule has 1 fully saturated rings. The number of rotatable bonds is 1. The summed E-state index contributed by atoms with van der Waals surface area (Å²) in [5, 5.41) is 0. The SMILES string of the molecule is FC1=CCCC[C]1C1CCCCC1. The van der Waals surface area contributed by atoms with Crippen molar-refractivity contribution in [3.8, 4) is 0 Å². The minimum absolute atomic E-state index is 0.123. The molecule has 73 valence electrons. The predicted molar refractivity (Wildman–Crippen MR) is 52.9 cm³/mol. The summed E-state index contributed by atoms with van der Waals surface area (Å²) in [5.41, 5.74) is 0. The van der Waals surface area contributed by atoms with Gasteiger partial charge in [-0.2, -0.15) is 0 Å². The van der Waals surface area contributed by atoms with E-state index in [0.29, 0.717) is 5.92 Å². The van der Waals surface area contributed by atoms with Gasteiger partial charge in [-0.05, 0) is 38.0 Å². The Bertz CT molecular complexity index is 189. The molecule has 0 heterocycles. The van der Waals surface area contributed by atoms with Crippen LogP contribution < -0.4 is 0 Å². The minimum atomic E-state index is 0.123. The highest BCUT2D eigenvalue weighted by Gasteiger charge is 2.28. The summed E-state index contributed by atoms with van der Waals surface area (Å²) in [6.07, 6.45) is 11.4. The molecule has 2 aliphatic rings. The van der Waals surface area contributed by atoms with E-state index < -0.39 is 0 Å². The van der Waals surface area contributed by atoms with Gasteiger partial charge in [0, 0.05) is 5.92 Å². The third-order valence-corrected chi connectivity index (χ3v) is 3.38. The van der Waals surface area contributed by atoms with E-state index in [1.807, 2.05) is 0 Å². The van der Waals surface area contributed by atoms with Gasteiger partial charge in [0.25, 0.3) is 0 Å². The van der Waals surface area contributed by atoms with Crippen LogP contribution in [-0.2, 0) is 0 Å². The van der Waals surface area contributed by atoms with Crippen LogP contribution in [-0.4, -0.2) is 0 Å². The summed E-state index contributed by atoms with van der Waals surface area (Å²) in [7, 11) is 0. The lowest BCUT2D eigenvalue weighted by molar-refractivity contribution is 0.339. The lowest BCUT2D eigenvalue weighted by Gasteiger charge is -2.30. The first-order valence-corrected chi connectivity index (χ1v) is 5.59. The number of hydrogen-bond donors (Lipinski definition) is 0. The maximum atomic E-state index is 13.5. The number of halogens is 1. The molecule has 0 aromatic carbocycles. The average molecular weight is 181 g/mol. The topological polar surface area (TPSA) is 0 Å². The van der Waals surface area contributed by atoms with Crippen LogP contribution in [0.1, 0.15) is 51.4 Å². The first-order chi connectivity index (χ1) is 6.38. The van der Waals surface area contributed by atoms with Crippen LogP contribution in [0.4, 0.5) is 4.39 Å². The molecule has 13 heavy (non-hydrogen) atoms. The molecule has 0 amide bonds. The molecule has 0 aliphatic heterocycles. The highest BCUT2D eigenvalue weighted by Crippen LogP contribution is 2.40. The molecule has 1 heteroatoms. The molecule has 0 aromatic rings. The lowest BCUT2D eigenvalue weighted by Crippen LogP contribution is -2.18. The van der Waals surface area contributed by atoms with Crippen LogP contribution in [0.2, 0.25) is 0 Å². The van der Waals surface area contributed by atoms with Crippen molar-refractivity contribution in [1.29, 1.82) is 0 Å². The van der Waals surface area contributed by atoms with E-state index >= 15 is 0 Å². The quantitative estimate of drug-likeness (QED) is 0.569. The molecule has 0 atom stereocenters. The van der Waals surface area contributed by atoms with Crippen LogP contribution >= 0.6 is 0 Å². The van der Waals surface area contributed by atoms with Crippen molar-refractivity contribution in [2.75, 3.05) is 0 Å². The van der Waals surface area contributed by atoms with Gasteiger partial charge in [-0.15, -0.1) is 0 Å². The van der Waals surface area contributed by atoms with Crippen molar-refractivity contribution in [3.63, 3.8) is 0 Å². The molecule has 2 rings (SSSR count). The number of allylic oxidation sites excluding steroid dienone is 2. The fourth-order valence-electron chi connectivity index (χ4n) is 2.62. The van der Waals surface area contributed by atoms with E-state index in [1.165, 1.54) is 38.5 Å². The Hall–Kier alpha value is -0.330. The molecule has 0 spiro atoms. The third kappa shape index (κ3) is 2.12. The van der Waals surface area contributed by atoms with E-state index in [9.17, 15) is 4.39 Å². The summed E-state index contributed by atoms with van der Waals surface area (Å²) in [4.78, 5) is 0. The molecule has 0 unspecified atom stereocenters. The maximum Gasteiger partial charge on any atom is 0.103 e. The van der Waals surface area contributed by atoms with Gasteiger partial charge in [0.15, 0.2) is 0 Å². The average Bonchev–Trinajstić information content (AvgIpc) is 2.20. The number of hydrogen-bond acceptors (Lipinski definition) is 0. The zero-order valence-corrected chi connectivity index (χ0v) is 8.19. The van der Waals surface area contributed by atoms with E-state index in [4.69, 9.17) is 0 Å². The fraction of sp³-hybridized carbons (Fsp3) is 0.750. The Morgan fingerprint density at radius 3 is 2.54 bits per heavy atom. The van der Waals surface area contributed by atoms with Gasteiger partial charge in [0.05, 0.1) is 0 Å². The van der Waals surface area contributed by atoms with Crippen molar-refractivity contribution in [2.24, 2.45) is 5.92 Å². The Morgan fingerprint density at radius 2 is 1.85 bits per heavy atom. The largest absolute Gasteiger partial charge is 0.212 e. The zero-order chi connectivity index (χ0) is 9.10.